The summed E-state index contributed by atoms with van der Waals surface area (Å²) in [5, 5.41) is 3.76. The fourth-order valence-electron chi connectivity index (χ4n) is 4.05. The predicted octanol–water partition coefficient (Wildman–Crippen LogP) is 3.87. The van der Waals surface area contributed by atoms with E-state index in [0.717, 1.165) is 37.6 Å². The van der Waals surface area contributed by atoms with Crippen LogP contribution in [0.15, 0.2) is 36.5 Å². The van der Waals surface area contributed by atoms with E-state index in [0.29, 0.717) is 12.6 Å². The number of benzene rings is 1. The van der Waals surface area contributed by atoms with Gasteiger partial charge in [0.1, 0.15) is 12.4 Å². The van der Waals surface area contributed by atoms with Gasteiger partial charge in [0.15, 0.2) is 0 Å². The largest absolute Gasteiger partial charge is 0.487 e. The zero-order valence-corrected chi connectivity index (χ0v) is 18.1. The highest BCUT2D eigenvalue weighted by Gasteiger charge is 2.18. The van der Waals surface area contributed by atoms with Gasteiger partial charge < -0.3 is 19.7 Å². The molecule has 1 aromatic heterocycles. The minimum Gasteiger partial charge on any atom is -0.487 e. The summed E-state index contributed by atoms with van der Waals surface area (Å²) in [5.74, 6) is 0.976. The van der Waals surface area contributed by atoms with Crippen LogP contribution in [0.4, 0.5) is 0 Å². The zero-order chi connectivity index (χ0) is 20.5. The van der Waals surface area contributed by atoms with Crippen molar-refractivity contribution in [1.82, 2.24) is 15.2 Å². The first-order chi connectivity index (χ1) is 14.2. The fraction of sp³-hybridized carbons (Fsp3) is 0.542. The van der Waals surface area contributed by atoms with Gasteiger partial charge in [-0.3, -0.25) is 4.98 Å². The molecule has 1 fully saturated rings. The number of piperidine rings is 1. The molecule has 158 valence electrons. The molecule has 0 amide bonds. The smallest absolute Gasteiger partial charge is 0.130 e. The lowest BCUT2D eigenvalue weighted by molar-refractivity contribution is 0.152. The topological polar surface area (TPSA) is 46.6 Å². The van der Waals surface area contributed by atoms with Crippen molar-refractivity contribution < 1.29 is 9.47 Å². The summed E-state index contributed by atoms with van der Waals surface area (Å²) in [6.45, 7) is 10.0. The number of likely N-dealkylation sites (tertiary alicyclic amines) is 1. The summed E-state index contributed by atoms with van der Waals surface area (Å²) in [6.07, 6.45) is 5.37. The molecule has 1 aromatic carbocycles. The van der Waals surface area contributed by atoms with E-state index in [1.165, 1.54) is 42.6 Å². The van der Waals surface area contributed by atoms with E-state index >= 15 is 0 Å². The SMILES string of the molecule is COCCCN1CCC(NCc2cc(C)c(OCc3ccccn3)c(C)c2)CC1. The second-order valence-corrected chi connectivity index (χ2v) is 8.01. The van der Waals surface area contributed by atoms with Crippen LogP contribution in [0.1, 0.15) is 41.6 Å². The normalized spacial score (nSPS) is 15.6. The molecule has 0 aliphatic carbocycles. The Hall–Kier alpha value is -1.95. The average molecular weight is 398 g/mol. The van der Waals surface area contributed by atoms with Crippen LogP contribution in [0, 0.1) is 13.8 Å². The second kappa shape index (κ2) is 11.3. The van der Waals surface area contributed by atoms with Gasteiger partial charge in [0, 0.05) is 39.0 Å². The molecule has 0 atom stereocenters. The number of hydrogen-bond acceptors (Lipinski definition) is 5. The number of nitrogens with one attached hydrogen (secondary N) is 1. The maximum atomic E-state index is 6.06. The number of aryl methyl sites for hydroxylation is 2. The van der Waals surface area contributed by atoms with E-state index in [1.807, 2.05) is 18.2 Å². The molecule has 5 nitrogen and oxygen atoms in total. The predicted molar refractivity (Wildman–Crippen MR) is 117 cm³/mol. The average Bonchev–Trinajstić information content (AvgIpc) is 2.73. The Kier molecular flexibility index (Phi) is 8.47. The first kappa shape index (κ1) is 21.8. The Morgan fingerprint density at radius 2 is 1.90 bits per heavy atom. The second-order valence-electron chi connectivity index (χ2n) is 8.01. The molecular weight excluding hydrogens is 362 g/mol. The van der Waals surface area contributed by atoms with Gasteiger partial charge in [-0.15, -0.1) is 0 Å². The molecule has 1 N–H and O–H groups in total. The third-order valence-electron chi connectivity index (χ3n) is 5.62. The van der Waals surface area contributed by atoms with Crippen molar-refractivity contribution >= 4 is 0 Å². The number of nitrogens with zero attached hydrogens (tertiary/aromatic N) is 2. The molecule has 1 aliphatic heterocycles. The number of aromatic nitrogens is 1. The molecule has 0 radical (unpaired) electrons. The summed E-state index contributed by atoms with van der Waals surface area (Å²) >= 11 is 0. The van der Waals surface area contributed by atoms with Crippen molar-refractivity contribution in [1.29, 1.82) is 0 Å². The van der Waals surface area contributed by atoms with Gasteiger partial charge in [-0.2, -0.15) is 0 Å². The van der Waals surface area contributed by atoms with Gasteiger partial charge in [-0.1, -0.05) is 18.2 Å². The van der Waals surface area contributed by atoms with E-state index in [9.17, 15) is 0 Å². The minimum absolute atomic E-state index is 0.503. The Balaban J connectivity index is 1.46. The molecular formula is C24H35N3O2. The van der Waals surface area contributed by atoms with Gasteiger partial charge in [0.2, 0.25) is 0 Å². The van der Waals surface area contributed by atoms with E-state index in [-0.39, 0.29) is 0 Å². The maximum Gasteiger partial charge on any atom is 0.130 e. The van der Waals surface area contributed by atoms with E-state index < -0.39 is 0 Å². The van der Waals surface area contributed by atoms with E-state index in [4.69, 9.17) is 9.47 Å². The molecule has 3 rings (SSSR count). The highest BCUT2D eigenvalue weighted by Crippen LogP contribution is 2.26. The standard InChI is InChI=1S/C24H35N3O2/c1-19-15-21(16-20(2)24(19)29-18-23-7-4-5-10-25-23)17-26-22-8-12-27(13-9-22)11-6-14-28-3/h4-5,7,10,15-16,22,26H,6,8-9,11-14,17-18H2,1-3H3. The molecule has 0 bridgehead atoms. The molecule has 29 heavy (non-hydrogen) atoms. The van der Waals surface area contributed by atoms with Gasteiger partial charge in [-0.25, -0.2) is 0 Å². The number of rotatable bonds is 10. The number of hydrogen-bond donors (Lipinski definition) is 1. The fourth-order valence-corrected chi connectivity index (χ4v) is 4.05. The third-order valence-corrected chi connectivity index (χ3v) is 5.62. The van der Waals surface area contributed by atoms with Crippen molar-refractivity contribution in [3.8, 4) is 5.75 Å². The van der Waals surface area contributed by atoms with Crippen LogP contribution >= 0.6 is 0 Å². The summed E-state index contributed by atoms with van der Waals surface area (Å²) in [4.78, 5) is 6.89. The van der Waals surface area contributed by atoms with Gasteiger partial charge in [0.25, 0.3) is 0 Å². The third kappa shape index (κ3) is 6.81. The van der Waals surface area contributed by atoms with Gasteiger partial charge in [-0.05, 0) is 75.0 Å². The van der Waals surface area contributed by atoms with Crippen molar-refractivity contribution in [3.63, 3.8) is 0 Å². The number of ether oxygens (including phenoxy) is 2. The van der Waals surface area contributed by atoms with Crippen LogP contribution in [0.5, 0.6) is 5.75 Å². The first-order valence-electron chi connectivity index (χ1n) is 10.7. The van der Waals surface area contributed by atoms with Gasteiger partial charge >= 0.3 is 0 Å². The molecule has 0 unspecified atom stereocenters. The summed E-state index contributed by atoms with van der Waals surface area (Å²) in [5.41, 5.74) is 4.65. The summed E-state index contributed by atoms with van der Waals surface area (Å²) in [6, 6.07) is 11.0. The highest BCUT2D eigenvalue weighted by atomic mass is 16.5. The van der Waals surface area contributed by atoms with Crippen LogP contribution in [-0.2, 0) is 17.9 Å². The zero-order valence-electron chi connectivity index (χ0n) is 18.1. The molecule has 1 aliphatic rings. The van der Waals surface area contributed by atoms with Crippen molar-refractivity contribution in [3.05, 3.63) is 58.9 Å². The Labute approximate surface area is 175 Å². The van der Waals surface area contributed by atoms with Crippen LogP contribution in [0.2, 0.25) is 0 Å². The van der Waals surface area contributed by atoms with Crippen molar-refractivity contribution in [2.75, 3.05) is 33.4 Å². The molecule has 5 heteroatoms. The molecule has 0 saturated carbocycles. The monoisotopic (exact) mass is 397 g/mol. The highest BCUT2D eigenvalue weighted by molar-refractivity contribution is 5.43. The summed E-state index contributed by atoms with van der Waals surface area (Å²) < 4.78 is 11.2. The molecule has 2 aromatic rings. The lowest BCUT2D eigenvalue weighted by Gasteiger charge is -2.32. The minimum atomic E-state index is 0.503. The van der Waals surface area contributed by atoms with Crippen LogP contribution in [0.3, 0.4) is 0 Å². The quantitative estimate of drug-likeness (QED) is 0.617. The molecule has 1 saturated heterocycles. The molecule has 0 spiro atoms. The van der Waals surface area contributed by atoms with Crippen LogP contribution in [-0.4, -0.2) is 49.3 Å². The van der Waals surface area contributed by atoms with Crippen molar-refractivity contribution in [2.45, 2.75) is 52.3 Å². The Bertz CT molecular complexity index is 720. The Morgan fingerprint density at radius 1 is 1.14 bits per heavy atom. The number of methoxy groups -OCH3 is 1. The summed E-state index contributed by atoms with van der Waals surface area (Å²) in [7, 11) is 1.78. The maximum absolute atomic E-state index is 6.06. The van der Waals surface area contributed by atoms with Gasteiger partial charge in [0.05, 0.1) is 5.69 Å². The number of pyridine rings is 1. The van der Waals surface area contributed by atoms with E-state index in [2.05, 4.69) is 41.2 Å². The molecule has 2 heterocycles. The van der Waals surface area contributed by atoms with Crippen LogP contribution in [0.25, 0.3) is 0 Å². The van der Waals surface area contributed by atoms with E-state index in [1.54, 1.807) is 13.3 Å². The Morgan fingerprint density at radius 3 is 2.55 bits per heavy atom. The lowest BCUT2D eigenvalue weighted by Crippen LogP contribution is -2.42. The first-order valence-corrected chi connectivity index (χ1v) is 10.7. The van der Waals surface area contributed by atoms with Crippen LogP contribution < -0.4 is 10.1 Å². The van der Waals surface area contributed by atoms with Crippen molar-refractivity contribution in [2.24, 2.45) is 0 Å². The lowest BCUT2D eigenvalue weighted by atomic mass is 10.0.